The monoisotopic (exact) mass is 400 g/mol. The number of fused-ring (bicyclic) bond motifs is 1. The van der Waals surface area contributed by atoms with Crippen LogP contribution in [0.1, 0.15) is 0 Å². The first-order valence-electron chi connectivity index (χ1n) is 8.54. The van der Waals surface area contributed by atoms with Gasteiger partial charge in [-0.15, -0.1) is 0 Å². The summed E-state index contributed by atoms with van der Waals surface area (Å²) < 4.78 is 11.8. The Morgan fingerprint density at radius 2 is 2.04 bits per heavy atom. The Kier molecular flexibility index (Phi) is 6.62. The minimum Gasteiger partial charge on any atom is -0.495 e. The highest BCUT2D eigenvalue weighted by Gasteiger charge is 2.14. The van der Waals surface area contributed by atoms with E-state index < -0.39 is 0 Å². The fourth-order valence-corrected chi connectivity index (χ4v) is 3.40. The van der Waals surface area contributed by atoms with Crippen LogP contribution < -0.4 is 15.6 Å². The third-order valence-corrected chi connectivity index (χ3v) is 4.90. The number of methoxy groups -OCH3 is 2. The summed E-state index contributed by atoms with van der Waals surface area (Å²) in [6.45, 7) is 0.692. The number of nitrogens with zero attached hydrogens (tertiary/aromatic N) is 3. The van der Waals surface area contributed by atoms with Crippen LogP contribution in [-0.4, -0.2) is 47.0 Å². The summed E-state index contributed by atoms with van der Waals surface area (Å²) in [5.74, 6) is 0.421. The lowest BCUT2D eigenvalue weighted by Crippen LogP contribution is -2.26. The van der Waals surface area contributed by atoms with Crippen molar-refractivity contribution < 1.29 is 14.3 Å². The average molecular weight is 400 g/mol. The first kappa shape index (κ1) is 19.8. The van der Waals surface area contributed by atoms with Gasteiger partial charge in [0.1, 0.15) is 5.75 Å². The molecule has 1 N–H and O–H groups in total. The van der Waals surface area contributed by atoms with Gasteiger partial charge in [-0.05, 0) is 24.3 Å². The maximum Gasteiger partial charge on any atom is 0.263 e. The lowest BCUT2D eigenvalue weighted by Gasteiger charge is -2.13. The lowest BCUT2D eigenvalue weighted by atomic mass is 10.3. The second-order valence-corrected chi connectivity index (χ2v) is 6.70. The zero-order valence-corrected chi connectivity index (χ0v) is 16.4. The predicted molar refractivity (Wildman–Crippen MR) is 108 cm³/mol. The normalized spacial score (nSPS) is 10.8. The number of para-hydroxylation sites is 2. The van der Waals surface area contributed by atoms with Crippen LogP contribution >= 0.6 is 11.8 Å². The number of hydrogen-bond donors (Lipinski definition) is 1. The molecule has 9 heteroatoms. The smallest absolute Gasteiger partial charge is 0.263 e. The third kappa shape index (κ3) is 4.49. The number of nitrogens with one attached hydrogen (secondary N) is 1. The van der Waals surface area contributed by atoms with Crippen LogP contribution in [0.15, 0.2) is 52.5 Å². The Hall–Kier alpha value is -2.91. The maximum atomic E-state index is 12.8. The van der Waals surface area contributed by atoms with Gasteiger partial charge in [-0.2, -0.15) is 0 Å². The van der Waals surface area contributed by atoms with E-state index in [2.05, 4.69) is 15.3 Å². The molecule has 3 aromatic rings. The van der Waals surface area contributed by atoms with E-state index >= 15 is 0 Å². The fraction of sp³-hybridized carbons (Fsp3) is 0.263. The van der Waals surface area contributed by atoms with Crippen molar-refractivity contribution in [3.63, 3.8) is 0 Å². The zero-order chi connectivity index (χ0) is 19.9. The first-order chi connectivity index (χ1) is 13.6. The van der Waals surface area contributed by atoms with Crippen LogP contribution in [0, 0.1) is 0 Å². The molecule has 0 fully saturated rings. The summed E-state index contributed by atoms with van der Waals surface area (Å²) in [6, 6.07) is 10.5. The maximum absolute atomic E-state index is 12.8. The van der Waals surface area contributed by atoms with Crippen LogP contribution in [0.25, 0.3) is 11.0 Å². The van der Waals surface area contributed by atoms with Crippen LogP contribution in [0.3, 0.4) is 0 Å². The van der Waals surface area contributed by atoms with Crippen LogP contribution in [0.2, 0.25) is 0 Å². The van der Waals surface area contributed by atoms with Crippen LogP contribution in [-0.2, 0) is 16.1 Å². The molecule has 2 heterocycles. The quantitative estimate of drug-likeness (QED) is 0.457. The molecular weight excluding hydrogens is 380 g/mol. The average Bonchev–Trinajstić information content (AvgIpc) is 2.72. The Morgan fingerprint density at radius 3 is 2.82 bits per heavy atom. The van der Waals surface area contributed by atoms with Gasteiger partial charge < -0.3 is 14.8 Å². The zero-order valence-electron chi connectivity index (χ0n) is 15.5. The molecule has 0 aliphatic carbocycles. The van der Waals surface area contributed by atoms with Gasteiger partial charge in [0.15, 0.2) is 10.8 Å². The number of benzene rings is 1. The molecule has 0 bridgehead atoms. The molecule has 0 atom stereocenters. The van der Waals surface area contributed by atoms with E-state index in [4.69, 9.17) is 9.47 Å². The van der Waals surface area contributed by atoms with E-state index in [1.165, 1.54) is 16.3 Å². The first-order valence-corrected chi connectivity index (χ1v) is 9.52. The van der Waals surface area contributed by atoms with E-state index in [1.54, 1.807) is 44.7 Å². The molecule has 0 radical (unpaired) electrons. The summed E-state index contributed by atoms with van der Waals surface area (Å²) in [4.78, 5) is 33.8. The summed E-state index contributed by atoms with van der Waals surface area (Å²) in [6.07, 6.45) is 1.58. The van der Waals surface area contributed by atoms with Crippen molar-refractivity contribution in [1.29, 1.82) is 0 Å². The van der Waals surface area contributed by atoms with Gasteiger partial charge in [0.05, 0.1) is 37.1 Å². The highest BCUT2D eigenvalue weighted by atomic mass is 32.2. The minimum absolute atomic E-state index is 0.0792. The van der Waals surface area contributed by atoms with Crippen molar-refractivity contribution in [1.82, 2.24) is 14.5 Å². The Labute approximate surface area is 165 Å². The number of thioether (sulfide) groups is 1. The Morgan fingerprint density at radius 1 is 1.21 bits per heavy atom. The summed E-state index contributed by atoms with van der Waals surface area (Å²) in [7, 11) is 3.11. The van der Waals surface area contributed by atoms with E-state index in [0.717, 1.165) is 0 Å². The highest BCUT2D eigenvalue weighted by Crippen LogP contribution is 2.24. The summed E-state index contributed by atoms with van der Waals surface area (Å²) in [5, 5.41) is 3.66. The number of rotatable bonds is 8. The van der Waals surface area contributed by atoms with Crippen molar-refractivity contribution in [3.8, 4) is 5.75 Å². The number of aromatic nitrogens is 3. The molecule has 0 saturated carbocycles. The molecule has 1 aromatic carbocycles. The molecule has 0 spiro atoms. The number of carbonyl (C=O) groups excluding carboxylic acids is 1. The van der Waals surface area contributed by atoms with Crippen molar-refractivity contribution in [2.24, 2.45) is 0 Å². The van der Waals surface area contributed by atoms with Crippen molar-refractivity contribution in [2.45, 2.75) is 11.7 Å². The van der Waals surface area contributed by atoms with Gasteiger partial charge in [-0.25, -0.2) is 9.97 Å². The third-order valence-electron chi connectivity index (χ3n) is 3.93. The molecule has 0 aliphatic rings. The molecule has 2 aromatic heterocycles. The van der Waals surface area contributed by atoms with Crippen molar-refractivity contribution in [2.75, 3.05) is 31.9 Å². The predicted octanol–water partition coefficient (Wildman–Crippen LogP) is 2.18. The number of hydrogen-bond acceptors (Lipinski definition) is 7. The molecule has 146 valence electrons. The molecule has 0 unspecified atom stereocenters. The van der Waals surface area contributed by atoms with Crippen molar-refractivity contribution in [3.05, 3.63) is 52.9 Å². The highest BCUT2D eigenvalue weighted by molar-refractivity contribution is 7.99. The van der Waals surface area contributed by atoms with Gasteiger partial charge in [-0.3, -0.25) is 14.2 Å². The van der Waals surface area contributed by atoms with E-state index in [0.29, 0.717) is 40.8 Å². The van der Waals surface area contributed by atoms with Gasteiger partial charge >= 0.3 is 0 Å². The molecular formula is C19H20N4O4S. The number of ether oxygens (including phenoxy) is 2. The molecule has 1 amide bonds. The second kappa shape index (κ2) is 9.34. The number of carbonyl (C=O) groups is 1. The molecule has 8 nitrogen and oxygen atoms in total. The van der Waals surface area contributed by atoms with Gasteiger partial charge in [0.25, 0.3) is 5.56 Å². The Bertz CT molecular complexity index is 1040. The van der Waals surface area contributed by atoms with Gasteiger partial charge in [0, 0.05) is 13.3 Å². The lowest BCUT2D eigenvalue weighted by molar-refractivity contribution is -0.113. The molecule has 0 saturated heterocycles. The number of anilines is 1. The molecule has 0 aliphatic heterocycles. The van der Waals surface area contributed by atoms with Crippen LogP contribution in [0.5, 0.6) is 5.75 Å². The summed E-state index contributed by atoms with van der Waals surface area (Å²) in [5.41, 5.74) is 0.733. The van der Waals surface area contributed by atoms with E-state index in [-0.39, 0.29) is 17.2 Å². The van der Waals surface area contributed by atoms with Gasteiger partial charge in [0.2, 0.25) is 5.91 Å². The SMILES string of the molecule is COCCn1c(SCC(=O)Nc2ccccc2OC)nc2ncccc2c1=O. The topological polar surface area (TPSA) is 95.3 Å². The standard InChI is InChI=1S/C19H20N4O4S/c1-26-11-10-23-18(25)13-6-5-9-20-17(13)22-19(23)28-12-16(24)21-14-7-3-4-8-15(14)27-2/h3-9H,10-12H2,1-2H3,(H,21,24). The van der Waals surface area contributed by atoms with E-state index in [9.17, 15) is 9.59 Å². The van der Waals surface area contributed by atoms with Crippen molar-refractivity contribution >= 4 is 34.4 Å². The van der Waals surface area contributed by atoms with Crippen LogP contribution in [0.4, 0.5) is 5.69 Å². The number of pyridine rings is 1. The number of amides is 1. The minimum atomic E-state index is -0.233. The fourth-order valence-electron chi connectivity index (χ4n) is 2.59. The van der Waals surface area contributed by atoms with E-state index in [1.807, 2.05) is 12.1 Å². The molecule has 28 heavy (non-hydrogen) atoms. The van der Waals surface area contributed by atoms with Gasteiger partial charge in [-0.1, -0.05) is 23.9 Å². The second-order valence-electron chi connectivity index (χ2n) is 5.76. The largest absolute Gasteiger partial charge is 0.495 e. The molecule has 3 rings (SSSR count). The summed E-state index contributed by atoms with van der Waals surface area (Å²) >= 11 is 1.17. The Balaban J connectivity index is 1.81.